The number of aliphatic carboxylic acids is 1. The molecular weight excluding hydrogens is 423 g/mol. The minimum absolute atomic E-state index is 0.0268. The van der Waals surface area contributed by atoms with Crippen LogP contribution in [0, 0.1) is 16.7 Å². The zero-order valence-electron chi connectivity index (χ0n) is 17.6. The molecule has 10 nitrogen and oxygen atoms in total. The van der Waals surface area contributed by atoms with Gasteiger partial charge in [0.05, 0.1) is 0 Å². The molecule has 0 fully saturated rings. The maximum atomic E-state index is 12.3. The van der Waals surface area contributed by atoms with Gasteiger partial charge in [0.15, 0.2) is 0 Å². The van der Waals surface area contributed by atoms with Gasteiger partial charge < -0.3 is 0 Å². The standard InChI is InChI=1S/C17H33N2O8PS/c1-16(13-18,7-6-14(20)21)12-17(2,29)15(22)25-10-11-27-28(23,24)26-9-8-19(3,4)5/h23,28-29H,6-12H2,1-5H3,(H,20,21). The first-order chi connectivity index (χ1) is 13.0. The second-order valence-electron chi connectivity index (χ2n) is 8.39. The van der Waals surface area contributed by atoms with Crippen LogP contribution < -0.4 is 4.89 Å². The monoisotopic (exact) mass is 456 g/mol. The molecule has 2 unspecified atom stereocenters. The average molecular weight is 456 g/mol. The van der Waals surface area contributed by atoms with Crippen molar-refractivity contribution < 1.29 is 42.7 Å². The van der Waals surface area contributed by atoms with Gasteiger partial charge in [-0.2, -0.15) is 0 Å². The first-order valence-corrected chi connectivity index (χ1v) is 11.2. The van der Waals surface area contributed by atoms with Crippen molar-refractivity contribution in [2.45, 2.75) is 37.9 Å². The molecule has 0 saturated carbocycles. The van der Waals surface area contributed by atoms with Crippen LogP contribution >= 0.6 is 20.8 Å². The number of carboxylic acid groups (broad SMARTS) is 1. The van der Waals surface area contributed by atoms with Gasteiger partial charge in [-0.15, -0.1) is 0 Å². The molecule has 0 spiro atoms. The summed E-state index contributed by atoms with van der Waals surface area (Å²) < 4.78 is 13.9. The molecule has 29 heavy (non-hydrogen) atoms. The Kier molecular flexibility index (Phi) is 11.0. The van der Waals surface area contributed by atoms with Gasteiger partial charge in [-0.1, -0.05) is 0 Å². The van der Waals surface area contributed by atoms with Gasteiger partial charge in [-0.05, 0) is 0 Å². The predicted molar refractivity (Wildman–Crippen MR) is 109 cm³/mol. The number of thiol groups is 1. The number of carbonyl (C=O) groups excluding carboxylic acids is 1. The van der Waals surface area contributed by atoms with E-state index in [0.717, 1.165) is 0 Å². The van der Waals surface area contributed by atoms with Gasteiger partial charge in [-0.3, -0.25) is 0 Å². The third kappa shape index (κ3) is 13.0. The van der Waals surface area contributed by atoms with Gasteiger partial charge in [-0.25, -0.2) is 0 Å². The van der Waals surface area contributed by atoms with Crippen LogP contribution in [0.2, 0.25) is 0 Å². The van der Waals surface area contributed by atoms with E-state index in [2.05, 4.69) is 12.6 Å². The van der Waals surface area contributed by atoms with Crippen LogP contribution in [0.3, 0.4) is 0 Å². The zero-order valence-corrected chi connectivity index (χ0v) is 19.5. The summed E-state index contributed by atoms with van der Waals surface area (Å²) in [6.07, 6.45) is -0.177. The van der Waals surface area contributed by atoms with E-state index in [1.54, 1.807) is 6.92 Å². The molecule has 0 bridgehead atoms. The van der Waals surface area contributed by atoms with Crippen molar-refractivity contribution in [2.24, 2.45) is 5.41 Å². The Hall–Kier alpha value is -0.990. The first kappa shape index (κ1) is 28.0. The molecule has 0 aliphatic carbocycles. The minimum atomic E-state index is -4.56. The van der Waals surface area contributed by atoms with Crippen molar-refractivity contribution in [1.29, 1.82) is 5.26 Å². The van der Waals surface area contributed by atoms with Crippen LogP contribution in [0.4, 0.5) is 0 Å². The number of likely N-dealkylation sites (N-methyl/N-ethyl adjacent to an activating group) is 1. The van der Waals surface area contributed by atoms with Crippen LogP contribution in [0.1, 0.15) is 33.1 Å². The van der Waals surface area contributed by atoms with E-state index in [9.17, 15) is 24.6 Å². The number of carbonyl (C=O) groups is 2. The topological polar surface area (TPSA) is 149 Å². The van der Waals surface area contributed by atoms with Crippen molar-refractivity contribution in [2.75, 3.05) is 47.5 Å². The molecule has 0 aliphatic rings. The van der Waals surface area contributed by atoms with E-state index in [4.69, 9.17) is 18.9 Å². The van der Waals surface area contributed by atoms with E-state index >= 15 is 0 Å². The van der Waals surface area contributed by atoms with Crippen LogP contribution in [-0.2, 0) is 23.4 Å². The number of nitrogens with zero attached hydrogens (tertiary/aromatic N) is 2. The second-order valence-corrected chi connectivity index (χ2v) is 11.0. The summed E-state index contributed by atoms with van der Waals surface area (Å²) in [5, 5.41) is 18.1. The molecule has 170 valence electrons. The molecular formula is C17H33N2O8PS. The second kappa shape index (κ2) is 11.4. The van der Waals surface area contributed by atoms with Crippen LogP contribution in [-0.4, -0.2) is 78.7 Å². The van der Waals surface area contributed by atoms with Crippen LogP contribution in [0.5, 0.6) is 0 Å². The summed E-state index contributed by atoms with van der Waals surface area (Å²) in [5.74, 6) is -1.78. The summed E-state index contributed by atoms with van der Waals surface area (Å²) in [6.45, 7) is 2.91. The van der Waals surface area contributed by atoms with Crippen molar-refractivity contribution >= 4 is 32.7 Å². The van der Waals surface area contributed by atoms with Crippen molar-refractivity contribution in [3.8, 4) is 6.07 Å². The summed E-state index contributed by atoms with van der Waals surface area (Å²) >= 11 is 4.26. The molecule has 0 aromatic heterocycles. The first-order valence-electron chi connectivity index (χ1n) is 9.06. The Morgan fingerprint density at radius 1 is 1.21 bits per heavy atom. The number of hydrogen-bond donors (Lipinski definition) is 3. The van der Waals surface area contributed by atoms with Gasteiger partial charge in [0, 0.05) is 0 Å². The molecule has 0 radical (unpaired) electrons. The van der Waals surface area contributed by atoms with E-state index in [1.165, 1.54) is 6.92 Å². The van der Waals surface area contributed by atoms with E-state index in [1.807, 2.05) is 27.2 Å². The van der Waals surface area contributed by atoms with Gasteiger partial charge >= 0.3 is 178 Å². The van der Waals surface area contributed by atoms with E-state index in [-0.39, 0.29) is 39.1 Å². The number of esters is 1. The SMILES string of the molecule is CC(C#N)(CCC(=O)O)CC(C)(S)C(=O)OCCO[PH]([O-])(O)OCC[N+](C)(C)C. The molecule has 0 aliphatic heterocycles. The number of nitriles is 1. The molecule has 0 rings (SSSR count). The predicted octanol–water partition coefficient (Wildman–Crippen LogP) is 0.505. The maximum absolute atomic E-state index is 12.3. The molecule has 0 aromatic rings. The molecule has 2 N–H and O–H groups in total. The summed E-state index contributed by atoms with van der Waals surface area (Å²) in [5.41, 5.74) is -1.08. The quantitative estimate of drug-likeness (QED) is 0.112. The fourth-order valence-corrected chi connectivity index (χ4v) is 3.54. The fraction of sp³-hybridized carbons (Fsp3) is 0.824. The summed E-state index contributed by atoms with van der Waals surface area (Å²) in [7, 11) is 1.16. The normalized spacial score (nSPS) is 16.9. The Balaban J connectivity index is 4.47. The molecule has 0 amide bonds. The molecule has 0 heterocycles. The average Bonchev–Trinajstić information content (AvgIpc) is 2.55. The Bertz CT molecular complexity index is 603. The third-order valence-electron chi connectivity index (χ3n) is 3.98. The Morgan fingerprint density at radius 3 is 2.24 bits per heavy atom. The van der Waals surface area contributed by atoms with E-state index in [0.29, 0.717) is 11.0 Å². The molecule has 0 aromatic carbocycles. The number of rotatable bonds is 14. The van der Waals surface area contributed by atoms with Crippen molar-refractivity contribution in [3.63, 3.8) is 0 Å². The fourth-order valence-electron chi connectivity index (χ4n) is 2.35. The summed E-state index contributed by atoms with van der Waals surface area (Å²) in [6, 6.07) is 2.03. The van der Waals surface area contributed by atoms with E-state index < -0.39 is 30.3 Å². The van der Waals surface area contributed by atoms with Gasteiger partial charge in [0.1, 0.15) is 0 Å². The van der Waals surface area contributed by atoms with Gasteiger partial charge in [0.2, 0.25) is 0 Å². The zero-order chi connectivity index (χ0) is 22.9. The Morgan fingerprint density at radius 2 is 1.76 bits per heavy atom. The third-order valence-corrected chi connectivity index (χ3v) is 5.46. The summed E-state index contributed by atoms with van der Waals surface area (Å²) in [4.78, 5) is 44.4. The number of hydrogen-bond acceptors (Lipinski definition) is 9. The molecule has 12 heteroatoms. The number of ether oxygens (including phenoxy) is 1. The number of carboxylic acids is 1. The number of quaternary nitrogens is 1. The molecule has 2 atom stereocenters. The van der Waals surface area contributed by atoms with Crippen LogP contribution in [0.15, 0.2) is 0 Å². The Labute approximate surface area is 178 Å². The van der Waals surface area contributed by atoms with Crippen LogP contribution in [0.25, 0.3) is 0 Å². The van der Waals surface area contributed by atoms with Crippen molar-refractivity contribution in [3.05, 3.63) is 0 Å². The van der Waals surface area contributed by atoms with Crippen molar-refractivity contribution in [1.82, 2.24) is 0 Å². The molecule has 0 saturated heterocycles. The van der Waals surface area contributed by atoms with Gasteiger partial charge in [0.25, 0.3) is 0 Å².